The van der Waals surface area contributed by atoms with Gasteiger partial charge in [-0.15, -0.1) is 0 Å². The Hall–Kier alpha value is -1.45. The Labute approximate surface area is 87.5 Å². The second kappa shape index (κ2) is 4.38. The summed E-state index contributed by atoms with van der Waals surface area (Å²) in [5.41, 5.74) is 0.479. The quantitative estimate of drug-likeness (QED) is 0.737. The molecule has 0 heterocycles. The molecule has 1 amide bonds. The molecule has 0 bridgehead atoms. The maximum absolute atomic E-state index is 12.9. The summed E-state index contributed by atoms with van der Waals surface area (Å²) in [6.07, 6.45) is 0. The fourth-order valence-electron chi connectivity index (χ4n) is 1.31. The van der Waals surface area contributed by atoms with Crippen molar-refractivity contribution in [1.82, 2.24) is 4.90 Å². The van der Waals surface area contributed by atoms with Crippen molar-refractivity contribution in [2.75, 3.05) is 14.1 Å². The van der Waals surface area contributed by atoms with Gasteiger partial charge in [0.2, 0.25) is 5.91 Å². The van der Waals surface area contributed by atoms with Crippen molar-refractivity contribution in [2.45, 2.75) is 12.8 Å². The first-order valence-corrected chi connectivity index (χ1v) is 4.59. The zero-order valence-electron chi connectivity index (χ0n) is 8.92. The van der Waals surface area contributed by atoms with Gasteiger partial charge < -0.3 is 4.90 Å². The third-order valence-corrected chi connectivity index (χ3v) is 2.25. The first-order valence-electron chi connectivity index (χ1n) is 4.59. The average Bonchev–Trinajstić information content (AvgIpc) is 2.19. The van der Waals surface area contributed by atoms with Gasteiger partial charge in [-0.1, -0.05) is 6.07 Å². The van der Waals surface area contributed by atoms with E-state index in [1.807, 2.05) is 0 Å². The topological polar surface area (TPSA) is 20.3 Å². The minimum atomic E-state index is -0.925. The molecule has 82 valence electrons. The lowest BCUT2D eigenvalue weighted by molar-refractivity contribution is -0.129. The largest absolute Gasteiger partial charge is 0.348 e. The van der Waals surface area contributed by atoms with Crippen LogP contribution in [0.25, 0.3) is 0 Å². The van der Waals surface area contributed by atoms with Crippen LogP contribution in [0.4, 0.5) is 8.78 Å². The summed E-state index contributed by atoms with van der Waals surface area (Å²) in [5.74, 6) is -2.43. The molecule has 2 nitrogen and oxygen atoms in total. The smallest absolute Gasteiger partial charge is 0.229 e. The molecule has 0 saturated carbocycles. The standard InChI is InChI=1S/C11H13F2NO/c1-7(11(15)14(2)3)8-4-5-9(12)10(13)6-8/h4-7H,1-3H3. The summed E-state index contributed by atoms with van der Waals surface area (Å²) < 4.78 is 25.6. The Balaban J connectivity index is 2.97. The molecular formula is C11H13F2NO. The third-order valence-electron chi connectivity index (χ3n) is 2.25. The summed E-state index contributed by atoms with van der Waals surface area (Å²) in [6, 6.07) is 3.51. The van der Waals surface area contributed by atoms with Crippen LogP contribution in [-0.4, -0.2) is 24.9 Å². The van der Waals surface area contributed by atoms with Crippen molar-refractivity contribution in [3.8, 4) is 0 Å². The Morgan fingerprint density at radius 1 is 1.27 bits per heavy atom. The molecule has 0 aliphatic heterocycles. The number of hydrogen-bond acceptors (Lipinski definition) is 1. The van der Waals surface area contributed by atoms with Crippen LogP contribution in [0, 0.1) is 11.6 Å². The van der Waals surface area contributed by atoms with Gasteiger partial charge in [-0.25, -0.2) is 8.78 Å². The number of likely N-dealkylation sites (N-methyl/N-ethyl adjacent to an activating group) is 1. The van der Waals surface area contributed by atoms with Gasteiger partial charge in [0.15, 0.2) is 11.6 Å². The lowest BCUT2D eigenvalue weighted by Crippen LogP contribution is -2.26. The zero-order valence-corrected chi connectivity index (χ0v) is 8.92. The van der Waals surface area contributed by atoms with Crippen molar-refractivity contribution in [1.29, 1.82) is 0 Å². The van der Waals surface area contributed by atoms with Crippen molar-refractivity contribution in [3.05, 3.63) is 35.4 Å². The number of rotatable bonds is 2. The van der Waals surface area contributed by atoms with Gasteiger partial charge in [-0.2, -0.15) is 0 Å². The fraction of sp³-hybridized carbons (Fsp3) is 0.364. The van der Waals surface area contributed by atoms with Crippen LogP contribution in [0.5, 0.6) is 0 Å². The van der Waals surface area contributed by atoms with E-state index in [0.717, 1.165) is 12.1 Å². The van der Waals surface area contributed by atoms with Crippen LogP contribution in [0.15, 0.2) is 18.2 Å². The maximum atomic E-state index is 12.9. The second-order valence-corrected chi connectivity index (χ2v) is 3.63. The number of carbonyl (C=O) groups is 1. The van der Waals surface area contributed by atoms with E-state index in [1.165, 1.54) is 11.0 Å². The predicted octanol–water partition coefficient (Wildman–Crippen LogP) is 2.16. The molecule has 1 aromatic carbocycles. The highest BCUT2D eigenvalue weighted by atomic mass is 19.2. The van der Waals surface area contributed by atoms with Crippen LogP contribution >= 0.6 is 0 Å². The molecule has 1 unspecified atom stereocenters. The number of halogens is 2. The number of amides is 1. The highest BCUT2D eigenvalue weighted by molar-refractivity contribution is 5.82. The average molecular weight is 213 g/mol. The summed E-state index contributed by atoms with van der Waals surface area (Å²) in [7, 11) is 3.25. The van der Waals surface area contributed by atoms with Gasteiger partial charge in [-0.05, 0) is 24.6 Å². The predicted molar refractivity (Wildman–Crippen MR) is 53.5 cm³/mol. The van der Waals surface area contributed by atoms with E-state index in [0.29, 0.717) is 5.56 Å². The van der Waals surface area contributed by atoms with Crippen LogP contribution < -0.4 is 0 Å². The van der Waals surface area contributed by atoms with Crippen molar-refractivity contribution >= 4 is 5.91 Å². The van der Waals surface area contributed by atoms with Gasteiger partial charge in [0.1, 0.15) is 0 Å². The minimum absolute atomic E-state index is 0.138. The Morgan fingerprint density at radius 2 is 1.87 bits per heavy atom. The zero-order chi connectivity index (χ0) is 11.6. The van der Waals surface area contributed by atoms with E-state index in [9.17, 15) is 13.6 Å². The SMILES string of the molecule is CC(C(=O)N(C)C)c1ccc(F)c(F)c1. The minimum Gasteiger partial charge on any atom is -0.348 e. The second-order valence-electron chi connectivity index (χ2n) is 3.63. The van der Waals surface area contributed by atoms with E-state index in [2.05, 4.69) is 0 Å². The normalized spacial score (nSPS) is 12.3. The molecule has 0 spiro atoms. The van der Waals surface area contributed by atoms with Crippen LogP contribution in [0.3, 0.4) is 0 Å². The molecule has 1 atom stereocenters. The monoisotopic (exact) mass is 213 g/mol. The molecule has 0 N–H and O–H groups in total. The molecule has 0 aliphatic carbocycles. The van der Waals surface area contributed by atoms with E-state index < -0.39 is 17.6 Å². The van der Waals surface area contributed by atoms with Crippen molar-refractivity contribution in [3.63, 3.8) is 0 Å². The molecule has 1 aromatic rings. The maximum Gasteiger partial charge on any atom is 0.229 e. The van der Waals surface area contributed by atoms with Crippen molar-refractivity contribution in [2.24, 2.45) is 0 Å². The Kier molecular flexibility index (Phi) is 3.39. The first kappa shape index (κ1) is 11.6. The Bertz CT molecular complexity index is 377. The molecular weight excluding hydrogens is 200 g/mol. The fourth-order valence-corrected chi connectivity index (χ4v) is 1.31. The molecule has 1 rings (SSSR count). The lowest BCUT2D eigenvalue weighted by atomic mass is 10.00. The van der Waals surface area contributed by atoms with Crippen LogP contribution in [0.2, 0.25) is 0 Å². The summed E-state index contributed by atoms with van der Waals surface area (Å²) in [6.45, 7) is 1.66. The molecule has 0 aliphatic rings. The summed E-state index contributed by atoms with van der Waals surface area (Å²) in [4.78, 5) is 13.0. The molecule has 0 fully saturated rings. The number of hydrogen-bond donors (Lipinski definition) is 0. The van der Waals surface area contributed by atoms with E-state index >= 15 is 0 Å². The van der Waals surface area contributed by atoms with E-state index in [-0.39, 0.29) is 5.91 Å². The van der Waals surface area contributed by atoms with Gasteiger partial charge in [-0.3, -0.25) is 4.79 Å². The van der Waals surface area contributed by atoms with Gasteiger partial charge >= 0.3 is 0 Å². The molecule has 4 heteroatoms. The van der Waals surface area contributed by atoms with Crippen LogP contribution in [0.1, 0.15) is 18.4 Å². The van der Waals surface area contributed by atoms with Gasteiger partial charge in [0.25, 0.3) is 0 Å². The van der Waals surface area contributed by atoms with Crippen molar-refractivity contribution < 1.29 is 13.6 Å². The number of nitrogens with zero attached hydrogens (tertiary/aromatic N) is 1. The number of carbonyl (C=O) groups excluding carboxylic acids is 1. The summed E-state index contributed by atoms with van der Waals surface area (Å²) in [5, 5.41) is 0. The number of benzene rings is 1. The molecule has 0 aromatic heterocycles. The molecule has 15 heavy (non-hydrogen) atoms. The Morgan fingerprint density at radius 3 is 2.33 bits per heavy atom. The first-order chi connectivity index (χ1) is 6.93. The molecule has 0 saturated heterocycles. The van der Waals surface area contributed by atoms with Crippen LogP contribution in [-0.2, 0) is 4.79 Å². The van der Waals surface area contributed by atoms with E-state index in [4.69, 9.17) is 0 Å². The molecule has 0 radical (unpaired) electrons. The van der Waals surface area contributed by atoms with E-state index in [1.54, 1.807) is 21.0 Å². The third kappa shape index (κ3) is 2.52. The highest BCUT2D eigenvalue weighted by Gasteiger charge is 2.18. The van der Waals surface area contributed by atoms with Gasteiger partial charge in [0, 0.05) is 14.1 Å². The lowest BCUT2D eigenvalue weighted by Gasteiger charge is -2.17. The van der Waals surface area contributed by atoms with Gasteiger partial charge in [0.05, 0.1) is 5.92 Å². The highest BCUT2D eigenvalue weighted by Crippen LogP contribution is 2.19. The summed E-state index contributed by atoms with van der Waals surface area (Å²) >= 11 is 0.